The Morgan fingerprint density at radius 1 is 1.29 bits per heavy atom. The Labute approximate surface area is 86.0 Å². The molecule has 0 saturated carbocycles. The molecule has 0 aliphatic rings. The van der Waals surface area contributed by atoms with Crippen LogP contribution in [0, 0.1) is 0 Å². The summed E-state index contributed by atoms with van der Waals surface area (Å²) < 4.78 is 9.81. The van der Waals surface area contributed by atoms with Crippen LogP contribution in [0.5, 0.6) is 0 Å². The van der Waals surface area contributed by atoms with Crippen LogP contribution in [-0.2, 0) is 14.3 Å². The summed E-state index contributed by atoms with van der Waals surface area (Å²) in [6, 6.07) is 0. The van der Waals surface area contributed by atoms with Crippen LogP contribution in [0.15, 0.2) is 0 Å². The molecule has 0 spiro atoms. The molecule has 0 rings (SSSR count). The van der Waals surface area contributed by atoms with Gasteiger partial charge in [-0.25, -0.2) is 0 Å². The monoisotopic (exact) mass is 203 g/mol. The van der Waals surface area contributed by atoms with Crippen molar-refractivity contribution >= 4 is 5.97 Å². The first-order chi connectivity index (χ1) is 6.81. The molecular formula is C10H21NO3. The molecule has 0 fully saturated rings. The van der Waals surface area contributed by atoms with E-state index in [1.165, 1.54) is 7.11 Å². The number of methoxy groups -OCH3 is 1. The Hall–Kier alpha value is -0.610. The molecule has 0 aliphatic heterocycles. The van der Waals surface area contributed by atoms with Gasteiger partial charge in [0, 0.05) is 19.6 Å². The largest absolute Gasteiger partial charge is 0.469 e. The highest BCUT2D eigenvalue weighted by atomic mass is 16.5. The molecule has 0 aromatic rings. The third-order valence-corrected chi connectivity index (χ3v) is 1.75. The van der Waals surface area contributed by atoms with E-state index in [1.807, 2.05) is 0 Å². The molecule has 84 valence electrons. The highest BCUT2D eigenvalue weighted by molar-refractivity contribution is 5.68. The van der Waals surface area contributed by atoms with Crippen LogP contribution >= 0.6 is 0 Å². The van der Waals surface area contributed by atoms with Crippen molar-refractivity contribution in [1.29, 1.82) is 0 Å². The molecule has 0 unspecified atom stereocenters. The summed E-state index contributed by atoms with van der Waals surface area (Å²) in [5.74, 6) is -0.169. The number of rotatable bonds is 9. The Bertz CT molecular complexity index is 139. The van der Waals surface area contributed by atoms with E-state index in [1.54, 1.807) is 0 Å². The molecule has 4 nitrogen and oxygen atoms in total. The molecule has 0 aromatic carbocycles. The van der Waals surface area contributed by atoms with Gasteiger partial charge in [-0.05, 0) is 19.4 Å². The highest BCUT2D eigenvalue weighted by Crippen LogP contribution is 1.91. The average Bonchev–Trinajstić information content (AvgIpc) is 2.21. The predicted molar refractivity (Wildman–Crippen MR) is 55.2 cm³/mol. The van der Waals surface area contributed by atoms with Crippen molar-refractivity contribution < 1.29 is 14.3 Å². The van der Waals surface area contributed by atoms with Gasteiger partial charge < -0.3 is 14.8 Å². The van der Waals surface area contributed by atoms with Crippen molar-refractivity contribution in [3.05, 3.63) is 0 Å². The summed E-state index contributed by atoms with van der Waals surface area (Å²) in [6.45, 7) is 5.38. The standard InChI is InChI=1S/C10H21NO3/c1-3-6-11-7-9-14-8-4-5-10(12)13-2/h11H,3-9H2,1-2H3. The number of nitrogens with one attached hydrogen (secondary N) is 1. The molecule has 0 atom stereocenters. The van der Waals surface area contributed by atoms with Crippen LogP contribution in [0.1, 0.15) is 26.2 Å². The quantitative estimate of drug-likeness (QED) is 0.448. The summed E-state index contributed by atoms with van der Waals surface area (Å²) in [4.78, 5) is 10.7. The van der Waals surface area contributed by atoms with E-state index in [-0.39, 0.29) is 5.97 Å². The van der Waals surface area contributed by atoms with Crippen LogP contribution in [0.2, 0.25) is 0 Å². The lowest BCUT2D eigenvalue weighted by atomic mass is 10.3. The van der Waals surface area contributed by atoms with Gasteiger partial charge in [-0.2, -0.15) is 0 Å². The summed E-state index contributed by atoms with van der Waals surface area (Å²) in [5.41, 5.74) is 0. The highest BCUT2D eigenvalue weighted by Gasteiger charge is 1.98. The molecule has 14 heavy (non-hydrogen) atoms. The molecule has 0 bridgehead atoms. The van der Waals surface area contributed by atoms with Gasteiger partial charge in [-0.15, -0.1) is 0 Å². The number of ether oxygens (including phenoxy) is 2. The minimum absolute atomic E-state index is 0.169. The zero-order chi connectivity index (χ0) is 10.6. The van der Waals surface area contributed by atoms with Crippen molar-refractivity contribution in [1.82, 2.24) is 5.32 Å². The lowest BCUT2D eigenvalue weighted by molar-refractivity contribution is -0.141. The Balaban J connectivity index is 2.95. The summed E-state index contributed by atoms with van der Waals surface area (Å²) in [5, 5.41) is 3.23. The fraction of sp³-hybridized carbons (Fsp3) is 0.900. The van der Waals surface area contributed by atoms with Crippen LogP contribution < -0.4 is 5.32 Å². The second kappa shape index (κ2) is 10.5. The lowest BCUT2D eigenvalue weighted by Crippen LogP contribution is -2.20. The van der Waals surface area contributed by atoms with E-state index in [0.29, 0.717) is 19.6 Å². The van der Waals surface area contributed by atoms with Gasteiger partial charge in [-0.1, -0.05) is 6.92 Å². The first-order valence-corrected chi connectivity index (χ1v) is 5.16. The molecule has 0 saturated heterocycles. The van der Waals surface area contributed by atoms with Gasteiger partial charge >= 0.3 is 5.97 Å². The van der Waals surface area contributed by atoms with E-state index in [9.17, 15) is 4.79 Å². The topological polar surface area (TPSA) is 47.6 Å². The second-order valence-electron chi connectivity index (χ2n) is 3.04. The first-order valence-electron chi connectivity index (χ1n) is 5.16. The molecule has 0 aromatic heterocycles. The summed E-state index contributed by atoms with van der Waals surface area (Å²) in [6.07, 6.45) is 2.32. The molecule has 0 radical (unpaired) electrons. The van der Waals surface area contributed by atoms with Crippen molar-refractivity contribution in [3.8, 4) is 0 Å². The molecular weight excluding hydrogens is 182 g/mol. The fourth-order valence-corrected chi connectivity index (χ4v) is 0.969. The van der Waals surface area contributed by atoms with E-state index < -0.39 is 0 Å². The molecule has 4 heteroatoms. The Morgan fingerprint density at radius 3 is 2.71 bits per heavy atom. The molecule has 0 amide bonds. The average molecular weight is 203 g/mol. The van der Waals surface area contributed by atoms with Gasteiger partial charge in [0.25, 0.3) is 0 Å². The minimum atomic E-state index is -0.169. The van der Waals surface area contributed by atoms with E-state index in [4.69, 9.17) is 4.74 Å². The number of carbonyl (C=O) groups excluding carboxylic acids is 1. The third-order valence-electron chi connectivity index (χ3n) is 1.75. The molecule has 0 aliphatic carbocycles. The van der Waals surface area contributed by atoms with E-state index in [0.717, 1.165) is 25.9 Å². The van der Waals surface area contributed by atoms with Crippen molar-refractivity contribution in [2.24, 2.45) is 0 Å². The summed E-state index contributed by atoms with van der Waals surface area (Å²) in [7, 11) is 1.40. The summed E-state index contributed by atoms with van der Waals surface area (Å²) >= 11 is 0. The zero-order valence-electron chi connectivity index (χ0n) is 9.17. The number of hydrogen-bond acceptors (Lipinski definition) is 4. The van der Waals surface area contributed by atoms with Crippen molar-refractivity contribution in [3.63, 3.8) is 0 Å². The maximum Gasteiger partial charge on any atom is 0.305 e. The van der Waals surface area contributed by atoms with Gasteiger partial charge in [0.2, 0.25) is 0 Å². The van der Waals surface area contributed by atoms with Gasteiger partial charge in [0.1, 0.15) is 0 Å². The van der Waals surface area contributed by atoms with Crippen LogP contribution in [0.3, 0.4) is 0 Å². The molecule has 0 heterocycles. The Morgan fingerprint density at radius 2 is 2.07 bits per heavy atom. The van der Waals surface area contributed by atoms with E-state index in [2.05, 4.69) is 17.0 Å². The fourth-order valence-electron chi connectivity index (χ4n) is 0.969. The maximum atomic E-state index is 10.7. The first kappa shape index (κ1) is 13.4. The minimum Gasteiger partial charge on any atom is -0.469 e. The Kier molecular flexibility index (Phi) is 10.0. The van der Waals surface area contributed by atoms with Crippen molar-refractivity contribution in [2.45, 2.75) is 26.2 Å². The number of esters is 1. The maximum absolute atomic E-state index is 10.7. The van der Waals surface area contributed by atoms with Crippen LogP contribution in [0.25, 0.3) is 0 Å². The third kappa shape index (κ3) is 9.48. The van der Waals surface area contributed by atoms with Crippen molar-refractivity contribution in [2.75, 3.05) is 33.4 Å². The van der Waals surface area contributed by atoms with Gasteiger partial charge in [0.15, 0.2) is 0 Å². The number of hydrogen-bond donors (Lipinski definition) is 1. The predicted octanol–water partition coefficient (Wildman–Crippen LogP) is 0.956. The lowest BCUT2D eigenvalue weighted by Gasteiger charge is -2.04. The second-order valence-corrected chi connectivity index (χ2v) is 3.04. The molecule has 1 N–H and O–H groups in total. The van der Waals surface area contributed by atoms with Gasteiger partial charge in [-0.3, -0.25) is 4.79 Å². The van der Waals surface area contributed by atoms with Crippen LogP contribution in [-0.4, -0.2) is 39.4 Å². The van der Waals surface area contributed by atoms with Crippen LogP contribution in [0.4, 0.5) is 0 Å². The smallest absolute Gasteiger partial charge is 0.305 e. The van der Waals surface area contributed by atoms with Gasteiger partial charge in [0.05, 0.1) is 13.7 Å². The van der Waals surface area contributed by atoms with E-state index >= 15 is 0 Å². The zero-order valence-corrected chi connectivity index (χ0v) is 9.17. The normalized spacial score (nSPS) is 10.1. The SMILES string of the molecule is CCCNCCOCCCC(=O)OC. The number of carbonyl (C=O) groups is 1.